The van der Waals surface area contributed by atoms with E-state index in [2.05, 4.69) is 234 Å². The van der Waals surface area contributed by atoms with Crippen LogP contribution in [-0.4, -0.2) is 24.1 Å². The molecule has 10 aromatic carbocycles. The van der Waals surface area contributed by atoms with Crippen molar-refractivity contribution in [1.29, 1.82) is 0 Å². The normalized spacial score (nSPS) is 11.5. The maximum absolute atomic E-state index is 5.16. The number of fused-ring (bicyclic) bond motifs is 7. The zero-order chi connectivity index (χ0) is 45.0. The van der Waals surface area contributed by atoms with Crippen molar-refractivity contribution in [1.82, 2.24) is 24.1 Å². The largest absolute Gasteiger partial charge is 0.307 e. The molecule has 0 saturated heterocycles. The fourth-order valence-electron chi connectivity index (χ4n) is 10.1. The van der Waals surface area contributed by atoms with E-state index in [0.717, 1.165) is 55.7 Å². The lowest BCUT2D eigenvalue weighted by Crippen LogP contribution is -2.01. The molecule has 68 heavy (non-hydrogen) atoms. The van der Waals surface area contributed by atoms with E-state index in [1.54, 1.807) is 0 Å². The van der Waals surface area contributed by atoms with Crippen LogP contribution in [0, 0.1) is 0 Å². The van der Waals surface area contributed by atoms with Gasteiger partial charge in [-0.3, -0.25) is 0 Å². The molecule has 0 aliphatic carbocycles. The highest BCUT2D eigenvalue weighted by molar-refractivity contribution is 6.33. The van der Waals surface area contributed by atoms with Gasteiger partial charge in [-0.2, -0.15) is 0 Å². The van der Waals surface area contributed by atoms with Gasteiger partial charge in [-0.1, -0.05) is 200 Å². The maximum Gasteiger partial charge on any atom is 0.164 e. The van der Waals surface area contributed by atoms with Crippen molar-refractivity contribution in [2.75, 3.05) is 0 Å². The molecule has 5 heteroatoms. The van der Waals surface area contributed by atoms with Crippen molar-refractivity contribution in [2.45, 2.75) is 0 Å². The fourth-order valence-corrected chi connectivity index (χ4v) is 10.1. The van der Waals surface area contributed by atoms with Crippen LogP contribution in [0.1, 0.15) is 0 Å². The Labute approximate surface area is 393 Å². The van der Waals surface area contributed by atoms with Gasteiger partial charge in [-0.05, 0) is 70.8 Å². The first-order valence-corrected chi connectivity index (χ1v) is 23.0. The standard InChI is InChI=1S/C63H41N5/c1-6-20-42(21-7-1)43-34-36-47(37-35-43)62-64-61(46-26-12-4-13-27-46)65-63(66-62)48-38-40-50(41-39-48)68-54-33-19-17-31-52(54)58-56(45-24-10-3-11-25-45)55(44-22-8-2-9-23-44)57-51-30-16-18-32-53(51)67(59(57)60(58)68)49-28-14-5-15-29-49/h1-41H. The summed E-state index contributed by atoms with van der Waals surface area (Å²) in [5, 5.41) is 4.80. The van der Waals surface area contributed by atoms with Crippen LogP contribution in [0.4, 0.5) is 0 Å². The molecule has 13 rings (SSSR count). The van der Waals surface area contributed by atoms with Gasteiger partial charge < -0.3 is 9.13 Å². The molecule has 0 radical (unpaired) electrons. The quantitative estimate of drug-likeness (QED) is 0.153. The summed E-state index contributed by atoms with van der Waals surface area (Å²) < 4.78 is 4.95. The van der Waals surface area contributed by atoms with Crippen molar-refractivity contribution in [2.24, 2.45) is 0 Å². The van der Waals surface area contributed by atoms with Crippen molar-refractivity contribution >= 4 is 43.6 Å². The summed E-state index contributed by atoms with van der Waals surface area (Å²) in [5.41, 5.74) is 16.5. The lowest BCUT2D eigenvalue weighted by atomic mass is 9.87. The van der Waals surface area contributed by atoms with E-state index in [1.807, 2.05) is 24.3 Å². The average Bonchev–Trinajstić information content (AvgIpc) is 3.95. The Morgan fingerprint density at radius 1 is 0.235 bits per heavy atom. The van der Waals surface area contributed by atoms with E-state index in [1.165, 1.54) is 49.4 Å². The smallest absolute Gasteiger partial charge is 0.164 e. The summed E-state index contributed by atoms with van der Waals surface area (Å²) in [7, 11) is 0. The Hall–Kier alpha value is -9.19. The highest BCUT2D eigenvalue weighted by Gasteiger charge is 2.29. The lowest BCUT2D eigenvalue weighted by Gasteiger charge is -2.18. The summed E-state index contributed by atoms with van der Waals surface area (Å²) in [6.45, 7) is 0. The molecule has 0 atom stereocenters. The van der Waals surface area contributed by atoms with E-state index < -0.39 is 0 Å². The number of hydrogen-bond acceptors (Lipinski definition) is 3. The van der Waals surface area contributed by atoms with Crippen LogP contribution in [0.15, 0.2) is 249 Å². The monoisotopic (exact) mass is 867 g/mol. The van der Waals surface area contributed by atoms with Crippen molar-refractivity contribution < 1.29 is 0 Å². The van der Waals surface area contributed by atoms with Gasteiger partial charge in [0.15, 0.2) is 17.5 Å². The molecule has 0 bridgehead atoms. The summed E-state index contributed by atoms with van der Waals surface area (Å²) in [4.78, 5) is 15.3. The van der Waals surface area contributed by atoms with Gasteiger partial charge in [0.25, 0.3) is 0 Å². The molecule has 0 unspecified atom stereocenters. The number of hydrogen-bond donors (Lipinski definition) is 0. The third kappa shape index (κ3) is 6.51. The molecule has 0 saturated carbocycles. The fraction of sp³-hybridized carbons (Fsp3) is 0. The van der Waals surface area contributed by atoms with Crippen LogP contribution in [-0.2, 0) is 0 Å². The molecular formula is C63H41N5. The van der Waals surface area contributed by atoms with E-state index in [4.69, 9.17) is 15.0 Å². The van der Waals surface area contributed by atoms with Crippen molar-refractivity contribution in [3.05, 3.63) is 249 Å². The van der Waals surface area contributed by atoms with Gasteiger partial charge in [0.1, 0.15) is 0 Å². The Morgan fingerprint density at radius 3 is 0.971 bits per heavy atom. The number of para-hydroxylation sites is 3. The molecule has 0 spiro atoms. The van der Waals surface area contributed by atoms with Gasteiger partial charge in [0.2, 0.25) is 0 Å². The summed E-state index contributed by atoms with van der Waals surface area (Å²) >= 11 is 0. The van der Waals surface area contributed by atoms with Crippen LogP contribution in [0.25, 0.3) is 123 Å². The van der Waals surface area contributed by atoms with Crippen molar-refractivity contribution in [3.8, 4) is 78.9 Å². The molecular weight excluding hydrogens is 827 g/mol. The van der Waals surface area contributed by atoms with Crippen molar-refractivity contribution in [3.63, 3.8) is 0 Å². The highest BCUT2D eigenvalue weighted by Crippen LogP contribution is 2.52. The second-order valence-corrected chi connectivity index (χ2v) is 17.1. The first kappa shape index (κ1) is 39.2. The molecule has 0 amide bonds. The lowest BCUT2D eigenvalue weighted by molar-refractivity contribution is 1.07. The van der Waals surface area contributed by atoms with Crippen LogP contribution >= 0.6 is 0 Å². The van der Waals surface area contributed by atoms with Crippen LogP contribution in [0.3, 0.4) is 0 Å². The van der Waals surface area contributed by atoms with Gasteiger partial charge in [0.05, 0.1) is 22.1 Å². The van der Waals surface area contributed by atoms with Gasteiger partial charge in [-0.25, -0.2) is 15.0 Å². The Bertz CT molecular complexity index is 3960. The van der Waals surface area contributed by atoms with E-state index >= 15 is 0 Å². The van der Waals surface area contributed by atoms with Crippen LogP contribution in [0.2, 0.25) is 0 Å². The third-order valence-corrected chi connectivity index (χ3v) is 13.2. The molecule has 3 aromatic heterocycles. The second-order valence-electron chi connectivity index (χ2n) is 17.1. The first-order valence-electron chi connectivity index (χ1n) is 23.0. The molecule has 5 nitrogen and oxygen atoms in total. The molecule has 3 heterocycles. The second kappa shape index (κ2) is 16.4. The highest BCUT2D eigenvalue weighted by atomic mass is 15.1. The number of rotatable bonds is 8. The minimum Gasteiger partial charge on any atom is -0.307 e. The number of nitrogens with zero attached hydrogens (tertiary/aromatic N) is 5. The maximum atomic E-state index is 5.16. The predicted molar refractivity (Wildman–Crippen MR) is 281 cm³/mol. The summed E-state index contributed by atoms with van der Waals surface area (Å²) in [5.74, 6) is 1.86. The Morgan fingerprint density at radius 2 is 0.529 bits per heavy atom. The third-order valence-electron chi connectivity index (χ3n) is 13.2. The number of aromatic nitrogens is 5. The number of benzene rings is 10. The molecule has 0 fully saturated rings. The first-order chi connectivity index (χ1) is 33.8. The topological polar surface area (TPSA) is 48.5 Å². The molecule has 318 valence electrons. The summed E-state index contributed by atoms with van der Waals surface area (Å²) in [6.07, 6.45) is 0. The molecule has 0 aliphatic rings. The van der Waals surface area contributed by atoms with Gasteiger partial charge in [0, 0.05) is 60.7 Å². The zero-order valence-electron chi connectivity index (χ0n) is 36.9. The predicted octanol–water partition coefficient (Wildman–Crippen LogP) is 16.1. The average molecular weight is 868 g/mol. The summed E-state index contributed by atoms with van der Waals surface area (Å²) in [6, 6.07) is 88.2. The van der Waals surface area contributed by atoms with E-state index in [9.17, 15) is 0 Å². The minimum atomic E-state index is 0.611. The van der Waals surface area contributed by atoms with Gasteiger partial charge in [-0.15, -0.1) is 0 Å². The Balaban J connectivity index is 1.08. The zero-order valence-corrected chi connectivity index (χ0v) is 36.9. The van der Waals surface area contributed by atoms with E-state index in [-0.39, 0.29) is 0 Å². The molecule has 13 aromatic rings. The minimum absolute atomic E-state index is 0.611. The van der Waals surface area contributed by atoms with Crippen LogP contribution < -0.4 is 0 Å². The van der Waals surface area contributed by atoms with E-state index in [0.29, 0.717) is 17.5 Å². The van der Waals surface area contributed by atoms with Gasteiger partial charge >= 0.3 is 0 Å². The molecule has 0 aliphatic heterocycles. The molecule has 0 N–H and O–H groups in total. The van der Waals surface area contributed by atoms with Crippen LogP contribution in [0.5, 0.6) is 0 Å². The Kier molecular flexibility index (Phi) is 9.43. The SMILES string of the molecule is c1ccc(-c2ccc(-c3nc(-c4ccccc4)nc(-c4ccc(-n5c6ccccc6c6c(-c7ccccc7)c(-c7ccccc7)c7c8ccccc8n(-c8ccccc8)c7c65)cc4)n3)cc2)cc1.